The lowest BCUT2D eigenvalue weighted by molar-refractivity contribution is -0.143. The summed E-state index contributed by atoms with van der Waals surface area (Å²) >= 11 is 0. The minimum atomic E-state index is -0.856. The van der Waals surface area contributed by atoms with E-state index in [1.807, 2.05) is 52.8 Å². The van der Waals surface area contributed by atoms with Crippen molar-refractivity contribution in [3.05, 3.63) is 34.9 Å². The highest BCUT2D eigenvalue weighted by molar-refractivity contribution is 5.92. The first kappa shape index (κ1) is 30.5. The van der Waals surface area contributed by atoms with Gasteiger partial charge in [0, 0.05) is 12.1 Å². The Hall–Kier alpha value is -2.57. The van der Waals surface area contributed by atoms with Crippen molar-refractivity contribution in [2.24, 2.45) is 0 Å². The highest BCUT2D eigenvalue weighted by Crippen LogP contribution is 2.29. The maximum absolute atomic E-state index is 13.8. The molecule has 2 atom stereocenters. The minimum Gasteiger partial charge on any atom is -0.444 e. The molecule has 1 aromatic carbocycles. The van der Waals surface area contributed by atoms with Crippen LogP contribution in [0.4, 0.5) is 4.79 Å². The van der Waals surface area contributed by atoms with Crippen LogP contribution in [0.5, 0.6) is 0 Å². The van der Waals surface area contributed by atoms with Crippen LogP contribution >= 0.6 is 0 Å². The zero-order chi connectivity index (χ0) is 27.0. The van der Waals surface area contributed by atoms with E-state index in [2.05, 4.69) is 17.6 Å². The van der Waals surface area contributed by atoms with Crippen molar-refractivity contribution in [1.82, 2.24) is 15.5 Å². The van der Waals surface area contributed by atoms with Crippen LogP contribution in [0.1, 0.15) is 104 Å². The van der Waals surface area contributed by atoms with Crippen LogP contribution in [0.3, 0.4) is 0 Å². The summed E-state index contributed by atoms with van der Waals surface area (Å²) < 4.78 is 5.35. The van der Waals surface area contributed by atoms with Crippen molar-refractivity contribution in [3.63, 3.8) is 0 Å². The molecule has 0 saturated heterocycles. The van der Waals surface area contributed by atoms with E-state index < -0.39 is 29.3 Å². The van der Waals surface area contributed by atoms with Gasteiger partial charge >= 0.3 is 6.09 Å². The van der Waals surface area contributed by atoms with Crippen LogP contribution in [-0.2, 0) is 14.3 Å². The summed E-state index contributed by atoms with van der Waals surface area (Å²) in [6.45, 7) is 19.2. The molecule has 3 amide bonds. The maximum Gasteiger partial charge on any atom is 0.408 e. The molecular weight excluding hydrogens is 442 g/mol. The first-order chi connectivity index (χ1) is 16.1. The molecule has 198 valence electrons. The summed E-state index contributed by atoms with van der Waals surface area (Å²) in [6, 6.07) is 4.20. The lowest BCUT2D eigenvalue weighted by Gasteiger charge is -2.36. The molecule has 2 N–H and O–H groups in total. The lowest BCUT2D eigenvalue weighted by Crippen LogP contribution is -2.54. The third-order valence-corrected chi connectivity index (χ3v) is 5.51. The number of rotatable bonds is 10. The number of carbonyl (C=O) groups is 3. The standard InChI is InChI=1S/C28H47N3O4/c1-11-12-13-14-18-31(25(33)21(4)29-26(34)35-28(8,9)10)23(24(32)30-27(5,6)7)22-19(2)16-15-17-20(22)3/h15-17,21,23H,11-14,18H2,1-10H3,(H,29,34)(H,30,32). The number of amides is 3. The number of nitrogens with one attached hydrogen (secondary N) is 2. The average Bonchev–Trinajstić information content (AvgIpc) is 2.68. The van der Waals surface area contributed by atoms with Crippen LogP contribution in [0.25, 0.3) is 0 Å². The van der Waals surface area contributed by atoms with Gasteiger partial charge in [-0.05, 0) is 85.4 Å². The van der Waals surface area contributed by atoms with E-state index >= 15 is 0 Å². The van der Waals surface area contributed by atoms with Gasteiger partial charge in [0.05, 0.1) is 0 Å². The molecule has 0 aliphatic carbocycles. The van der Waals surface area contributed by atoms with Crippen molar-refractivity contribution in [3.8, 4) is 0 Å². The van der Waals surface area contributed by atoms with Crippen LogP contribution in [0.2, 0.25) is 0 Å². The third kappa shape index (κ3) is 10.3. The second kappa shape index (κ2) is 12.9. The molecule has 0 aliphatic heterocycles. The smallest absolute Gasteiger partial charge is 0.408 e. The molecule has 7 heteroatoms. The fourth-order valence-corrected chi connectivity index (χ4v) is 4.00. The van der Waals surface area contributed by atoms with Gasteiger partial charge in [0.1, 0.15) is 17.7 Å². The Labute approximate surface area is 212 Å². The van der Waals surface area contributed by atoms with Gasteiger partial charge in [-0.15, -0.1) is 0 Å². The largest absolute Gasteiger partial charge is 0.444 e. The Balaban J connectivity index is 3.44. The number of alkyl carbamates (subject to hydrolysis) is 1. The summed E-state index contributed by atoms with van der Waals surface area (Å²) in [6.07, 6.45) is 3.18. The van der Waals surface area contributed by atoms with Crippen LogP contribution in [0, 0.1) is 13.8 Å². The normalized spacial score (nSPS) is 13.5. The zero-order valence-corrected chi connectivity index (χ0v) is 23.5. The van der Waals surface area contributed by atoms with Gasteiger partial charge in [-0.25, -0.2) is 4.79 Å². The molecule has 1 aromatic rings. The first-order valence-corrected chi connectivity index (χ1v) is 12.8. The Morgan fingerprint density at radius 1 is 0.971 bits per heavy atom. The van der Waals surface area contributed by atoms with Crippen LogP contribution < -0.4 is 10.6 Å². The molecule has 0 aromatic heterocycles. The number of benzene rings is 1. The van der Waals surface area contributed by atoms with Crippen molar-refractivity contribution < 1.29 is 19.1 Å². The summed E-state index contributed by atoms with van der Waals surface area (Å²) in [4.78, 5) is 41.5. The molecule has 0 spiro atoms. The summed E-state index contributed by atoms with van der Waals surface area (Å²) in [5.74, 6) is -0.549. The van der Waals surface area contributed by atoms with E-state index in [-0.39, 0.29) is 11.8 Å². The highest BCUT2D eigenvalue weighted by atomic mass is 16.6. The molecule has 0 saturated carbocycles. The second-order valence-corrected chi connectivity index (χ2v) is 11.4. The number of carbonyl (C=O) groups excluding carboxylic acids is 3. The van der Waals surface area contributed by atoms with E-state index in [4.69, 9.17) is 4.74 Å². The molecule has 0 fully saturated rings. The Morgan fingerprint density at radius 2 is 1.54 bits per heavy atom. The molecular formula is C28H47N3O4. The Morgan fingerprint density at radius 3 is 2.03 bits per heavy atom. The highest BCUT2D eigenvalue weighted by Gasteiger charge is 2.37. The summed E-state index contributed by atoms with van der Waals surface area (Å²) in [5, 5.41) is 5.73. The van der Waals surface area contributed by atoms with Crippen molar-refractivity contribution in [2.75, 3.05) is 6.54 Å². The monoisotopic (exact) mass is 489 g/mol. The van der Waals surface area contributed by atoms with Gasteiger partial charge in [0.2, 0.25) is 11.8 Å². The van der Waals surface area contributed by atoms with Gasteiger partial charge < -0.3 is 20.3 Å². The molecule has 35 heavy (non-hydrogen) atoms. The van der Waals surface area contributed by atoms with Crippen LogP contribution in [-0.4, -0.2) is 46.5 Å². The van der Waals surface area contributed by atoms with Gasteiger partial charge in [-0.1, -0.05) is 44.4 Å². The van der Waals surface area contributed by atoms with E-state index in [1.54, 1.807) is 32.6 Å². The lowest BCUT2D eigenvalue weighted by atomic mass is 9.92. The second-order valence-electron chi connectivity index (χ2n) is 11.4. The zero-order valence-electron chi connectivity index (χ0n) is 23.5. The van der Waals surface area contributed by atoms with Gasteiger partial charge in [-0.2, -0.15) is 0 Å². The van der Waals surface area contributed by atoms with Crippen molar-refractivity contribution >= 4 is 17.9 Å². The molecule has 7 nitrogen and oxygen atoms in total. The van der Waals surface area contributed by atoms with E-state index in [0.29, 0.717) is 6.54 Å². The van der Waals surface area contributed by atoms with Crippen molar-refractivity contribution in [2.45, 2.75) is 118 Å². The molecule has 1 rings (SSSR count). The topological polar surface area (TPSA) is 87.7 Å². The van der Waals surface area contributed by atoms with Crippen LogP contribution in [0.15, 0.2) is 18.2 Å². The molecule has 2 unspecified atom stereocenters. The minimum absolute atomic E-state index is 0.233. The average molecular weight is 490 g/mol. The summed E-state index contributed by atoms with van der Waals surface area (Å²) in [7, 11) is 0. The fraction of sp³-hybridized carbons (Fsp3) is 0.679. The number of nitrogens with zero attached hydrogens (tertiary/aromatic N) is 1. The quantitative estimate of drug-likeness (QED) is 0.420. The van der Waals surface area contributed by atoms with Crippen molar-refractivity contribution in [1.29, 1.82) is 0 Å². The first-order valence-electron chi connectivity index (χ1n) is 12.8. The number of ether oxygens (including phenoxy) is 1. The van der Waals surface area contributed by atoms with E-state index in [1.165, 1.54) is 0 Å². The SMILES string of the molecule is CCCCCCN(C(=O)C(C)NC(=O)OC(C)(C)C)C(C(=O)NC(C)(C)C)c1c(C)cccc1C. The molecule has 0 aliphatic rings. The predicted octanol–water partition coefficient (Wildman–Crippen LogP) is 5.58. The van der Waals surface area contributed by atoms with E-state index in [0.717, 1.165) is 42.4 Å². The predicted molar refractivity (Wildman–Crippen MR) is 141 cm³/mol. The fourth-order valence-electron chi connectivity index (χ4n) is 4.00. The number of aryl methyl sites for hydroxylation is 2. The van der Waals surface area contributed by atoms with E-state index in [9.17, 15) is 14.4 Å². The molecule has 0 heterocycles. The molecule has 0 bridgehead atoms. The Bertz CT molecular complexity index is 848. The molecule has 0 radical (unpaired) electrons. The number of unbranched alkanes of at least 4 members (excludes halogenated alkanes) is 3. The van der Waals surface area contributed by atoms with Gasteiger partial charge in [0.25, 0.3) is 0 Å². The summed E-state index contributed by atoms with van der Waals surface area (Å²) in [5.41, 5.74) is 1.56. The Kier molecular flexibility index (Phi) is 11.3. The van der Waals surface area contributed by atoms with Gasteiger partial charge in [0.15, 0.2) is 0 Å². The van der Waals surface area contributed by atoms with Gasteiger partial charge in [-0.3, -0.25) is 9.59 Å². The third-order valence-electron chi connectivity index (χ3n) is 5.51. The number of hydrogen-bond acceptors (Lipinski definition) is 4. The number of hydrogen-bond donors (Lipinski definition) is 2. The maximum atomic E-state index is 13.8.